The van der Waals surface area contributed by atoms with Crippen LogP contribution < -0.4 is 5.32 Å². The number of morpholine rings is 1. The largest absolute Gasteiger partial charge is 0.376 e. The zero-order valence-corrected chi connectivity index (χ0v) is 11.4. The van der Waals surface area contributed by atoms with Crippen molar-refractivity contribution in [3.8, 4) is 0 Å². The fourth-order valence-corrected chi connectivity index (χ4v) is 2.30. The molecule has 0 aliphatic carbocycles. The molecular weight excluding hydrogens is 226 g/mol. The van der Waals surface area contributed by atoms with Gasteiger partial charge in [-0.2, -0.15) is 0 Å². The van der Waals surface area contributed by atoms with Gasteiger partial charge in [0.1, 0.15) is 5.82 Å². The molecule has 18 heavy (non-hydrogen) atoms. The van der Waals surface area contributed by atoms with Gasteiger partial charge in [-0.3, -0.25) is 4.90 Å². The number of nitrogens with zero attached hydrogens (tertiary/aromatic N) is 2. The summed E-state index contributed by atoms with van der Waals surface area (Å²) in [6.45, 7) is 9.02. The fraction of sp³-hybridized carbons (Fsp3) is 0.643. The average Bonchev–Trinajstić information content (AvgIpc) is 2.41. The van der Waals surface area contributed by atoms with Crippen LogP contribution in [-0.4, -0.2) is 42.2 Å². The molecule has 2 heterocycles. The zero-order chi connectivity index (χ0) is 12.8. The summed E-state index contributed by atoms with van der Waals surface area (Å²) in [7, 11) is 0. The first-order chi connectivity index (χ1) is 8.83. The van der Waals surface area contributed by atoms with E-state index < -0.39 is 0 Å². The maximum absolute atomic E-state index is 5.70. The minimum Gasteiger partial charge on any atom is -0.376 e. The minimum atomic E-state index is 0.387. The molecule has 1 atom stereocenters. The van der Waals surface area contributed by atoms with Crippen molar-refractivity contribution in [2.45, 2.75) is 32.9 Å². The van der Waals surface area contributed by atoms with Crippen molar-refractivity contribution in [3.05, 3.63) is 23.9 Å². The molecule has 1 unspecified atom stereocenters. The van der Waals surface area contributed by atoms with Crippen LogP contribution in [0.1, 0.15) is 25.8 Å². The molecule has 4 heteroatoms. The number of hydrogen-bond acceptors (Lipinski definition) is 4. The zero-order valence-electron chi connectivity index (χ0n) is 11.4. The van der Waals surface area contributed by atoms with Gasteiger partial charge in [0, 0.05) is 37.9 Å². The lowest BCUT2D eigenvalue weighted by Gasteiger charge is -2.32. The number of hydrogen-bond donors (Lipinski definition) is 1. The van der Waals surface area contributed by atoms with Crippen LogP contribution in [0.3, 0.4) is 0 Å². The number of pyridine rings is 1. The molecular formula is C14H23N3O. The molecule has 2 rings (SSSR count). The molecule has 1 fully saturated rings. The van der Waals surface area contributed by atoms with Crippen LogP contribution in [0.25, 0.3) is 0 Å². The molecule has 1 aromatic heterocycles. The highest BCUT2D eigenvalue weighted by Crippen LogP contribution is 2.17. The van der Waals surface area contributed by atoms with Crippen LogP contribution in [0.2, 0.25) is 0 Å². The predicted molar refractivity (Wildman–Crippen MR) is 73.7 cm³/mol. The molecule has 0 spiro atoms. The third-order valence-electron chi connectivity index (χ3n) is 3.31. The predicted octanol–water partition coefficient (Wildman–Crippen LogP) is 2.12. The van der Waals surface area contributed by atoms with E-state index in [9.17, 15) is 0 Å². The van der Waals surface area contributed by atoms with Crippen LogP contribution >= 0.6 is 0 Å². The molecule has 1 aromatic rings. The van der Waals surface area contributed by atoms with Gasteiger partial charge in [-0.05, 0) is 19.4 Å². The Morgan fingerprint density at radius 1 is 1.50 bits per heavy atom. The van der Waals surface area contributed by atoms with E-state index in [2.05, 4.69) is 35.1 Å². The van der Waals surface area contributed by atoms with E-state index in [-0.39, 0.29) is 0 Å². The van der Waals surface area contributed by atoms with E-state index in [4.69, 9.17) is 4.74 Å². The number of rotatable bonds is 5. The monoisotopic (exact) mass is 249 g/mol. The van der Waals surface area contributed by atoms with Gasteiger partial charge in [0.2, 0.25) is 0 Å². The molecule has 1 N–H and O–H groups in total. The van der Waals surface area contributed by atoms with E-state index in [1.165, 1.54) is 5.56 Å². The summed E-state index contributed by atoms with van der Waals surface area (Å²) in [6.07, 6.45) is 3.32. The Morgan fingerprint density at radius 2 is 2.39 bits per heavy atom. The summed E-state index contributed by atoms with van der Waals surface area (Å²) >= 11 is 0. The Hall–Kier alpha value is -1.13. The maximum Gasteiger partial charge on any atom is 0.130 e. The SMILES string of the molecule is CCNc1ncccc1CN1CCOC(CC)C1. The number of anilines is 1. The summed E-state index contributed by atoms with van der Waals surface area (Å²) in [5.74, 6) is 1.01. The second-order valence-corrected chi connectivity index (χ2v) is 4.68. The summed E-state index contributed by atoms with van der Waals surface area (Å²) in [6, 6.07) is 4.16. The molecule has 0 saturated carbocycles. The Morgan fingerprint density at radius 3 is 3.17 bits per heavy atom. The highest BCUT2D eigenvalue weighted by molar-refractivity contribution is 5.43. The molecule has 1 aliphatic rings. The van der Waals surface area contributed by atoms with Gasteiger partial charge in [0.25, 0.3) is 0 Å². The van der Waals surface area contributed by atoms with Crippen molar-refractivity contribution in [1.82, 2.24) is 9.88 Å². The van der Waals surface area contributed by atoms with Crippen LogP contribution in [0.4, 0.5) is 5.82 Å². The second kappa shape index (κ2) is 6.71. The topological polar surface area (TPSA) is 37.4 Å². The van der Waals surface area contributed by atoms with E-state index >= 15 is 0 Å². The highest BCUT2D eigenvalue weighted by Gasteiger charge is 2.19. The third-order valence-corrected chi connectivity index (χ3v) is 3.31. The average molecular weight is 249 g/mol. The van der Waals surface area contributed by atoms with E-state index in [1.807, 2.05) is 12.3 Å². The molecule has 0 radical (unpaired) electrons. The van der Waals surface area contributed by atoms with Crippen LogP contribution in [0.5, 0.6) is 0 Å². The highest BCUT2D eigenvalue weighted by atomic mass is 16.5. The third kappa shape index (κ3) is 3.43. The normalized spacial score (nSPS) is 20.9. The van der Waals surface area contributed by atoms with Gasteiger partial charge in [0.15, 0.2) is 0 Å². The lowest BCUT2D eigenvalue weighted by Crippen LogP contribution is -2.41. The van der Waals surface area contributed by atoms with Crippen molar-refractivity contribution in [2.24, 2.45) is 0 Å². The van der Waals surface area contributed by atoms with Crippen molar-refractivity contribution in [1.29, 1.82) is 0 Å². The summed E-state index contributed by atoms with van der Waals surface area (Å²) in [5.41, 5.74) is 1.27. The quantitative estimate of drug-likeness (QED) is 0.867. The van der Waals surface area contributed by atoms with Gasteiger partial charge >= 0.3 is 0 Å². The second-order valence-electron chi connectivity index (χ2n) is 4.68. The smallest absolute Gasteiger partial charge is 0.130 e. The fourth-order valence-electron chi connectivity index (χ4n) is 2.30. The molecule has 0 aromatic carbocycles. The molecule has 100 valence electrons. The first-order valence-corrected chi connectivity index (χ1v) is 6.85. The molecule has 4 nitrogen and oxygen atoms in total. The van der Waals surface area contributed by atoms with Crippen LogP contribution in [-0.2, 0) is 11.3 Å². The maximum atomic E-state index is 5.70. The van der Waals surface area contributed by atoms with Gasteiger partial charge in [-0.1, -0.05) is 13.0 Å². The van der Waals surface area contributed by atoms with Crippen molar-refractivity contribution in [3.63, 3.8) is 0 Å². The van der Waals surface area contributed by atoms with E-state index in [0.717, 1.165) is 45.0 Å². The molecule has 0 bridgehead atoms. The van der Waals surface area contributed by atoms with Gasteiger partial charge in [-0.25, -0.2) is 4.98 Å². The number of aromatic nitrogens is 1. The van der Waals surface area contributed by atoms with Gasteiger partial charge in [-0.15, -0.1) is 0 Å². The van der Waals surface area contributed by atoms with Crippen LogP contribution in [0.15, 0.2) is 18.3 Å². The first kappa shape index (κ1) is 13.3. The Labute approximate surface area is 109 Å². The molecule has 0 amide bonds. The van der Waals surface area contributed by atoms with Crippen molar-refractivity contribution in [2.75, 3.05) is 31.6 Å². The molecule has 1 saturated heterocycles. The van der Waals surface area contributed by atoms with Crippen LogP contribution in [0, 0.1) is 0 Å². The Balaban J connectivity index is 1.99. The summed E-state index contributed by atoms with van der Waals surface area (Å²) in [5, 5.41) is 3.32. The van der Waals surface area contributed by atoms with Gasteiger partial charge in [0.05, 0.1) is 12.7 Å². The lowest BCUT2D eigenvalue weighted by molar-refractivity contribution is -0.0324. The van der Waals surface area contributed by atoms with Crippen molar-refractivity contribution < 1.29 is 4.74 Å². The summed E-state index contributed by atoms with van der Waals surface area (Å²) < 4.78 is 5.70. The first-order valence-electron chi connectivity index (χ1n) is 6.85. The number of nitrogens with one attached hydrogen (secondary N) is 1. The van der Waals surface area contributed by atoms with E-state index in [1.54, 1.807) is 0 Å². The Kier molecular flexibility index (Phi) is 4.96. The standard InChI is InChI=1S/C14H23N3O/c1-3-13-11-17(8-9-18-13)10-12-6-5-7-16-14(12)15-4-2/h5-7,13H,3-4,8-11H2,1-2H3,(H,15,16). The Bertz CT molecular complexity index is 370. The van der Waals surface area contributed by atoms with Gasteiger partial charge < -0.3 is 10.1 Å². The van der Waals surface area contributed by atoms with E-state index in [0.29, 0.717) is 6.10 Å². The summed E-state index contributed by atoms with van der Waals surface area (Å²) in [4.78, 5) is 6.86. The van der Waals surface area contributed by atoms with Crippen molar-refractivity contribution >= 4 is 5.82 Å². The lowest BCUT2D eigenvalue weighted by atomic mass is 10.2. The number of ether oxygens (including phenoxy) is 1. The minimum absolute atomic E-state index is 0.387. The molecule has 1 aliphatic heterocycles.